The first-order valence-corrected chi connectivity index (χ1v) is 4.06. The molecule has 0 N–H and O–H groups in total. The molecule has 0 heterocycles. The van der Waals surface area contributed by atoms with Crippen LogP contribution in [0.1, 0.15) is 0 Å². The summed E-state index contributed by atoms with van der Waals surface area (Å²) < 4.78 is 0. The third-order valence-corrected chi connectivity index (χ3v) is 2.71. The molecule has 0 spiro atoms. The second kappa shape index (κ2) is 4.99. The predicted molar refractivity (Wildman–Crippen MR) is 40.7 cm³/mol. The van der Waals surface area contributed by atoms with Gasteiger partial charge in [0.05, 0.1) is 10.8 Å². The van der Waals surface area contributed by atoms with Gasteiger partial charge in [0, 0.05) is 11.8 Å². The topological polar surface area (TPSA) is 0 Å². The molecule has 0 aromatic rings. The van der Waals surface area contributed by atoms with E-state index >= 15 is 0 Å². The average molecular weight is 196 g/mol. The van der Waals surface area contributed by atoms with E-state index in [1.807, 2.05) is 0 Å². The maximum atomic E-state index is 5.57. The van der Waals surface area contributed by atoms with Gasteiger partial charge in [-0.1, -0.05) is 0 Å². The van der Waals surface area contributed by atoms with Crippen molar-refractivity contribution in [3.63, 3.8) is 0 Å². The Hall–Kier alpha value is 1.16. The molecule has 0 saturated carbocycles. The molecular formula is C4H6Cl4. The third kappa shape index (κ3) is 3.24. The molecule has 0 saturated heterocycles. The highest BCUT2D eigenvalue weighted by Crippen LogP contribution is 2.12. The molecule has 4 heteroatoms. The largest absolute Gasteiger partial charge is 0.125 e. The number of halogens is 4. The number of hydrogen-bond donors (Lipinski definition) is 0. The van der Waals surface area contributed by atoms with Gasteiger partial charge in [-0.05, 0) is 0 Å². The van der Waals surface area contributed by atoms with E-state index in [1.54, 1.807) is 0 Å². The van der Waals surface area contributed by atoms with Crippen molar-refractivity contribution in [2.75, 3.05) is 11.8 Å². The zero-order valence-electron chi connectivity index (χ0n) is 4.08. The molecule has 0 unspecified atom stereocenters. The van der Waals surface area contributed by atoms with Gasteiger partial charge in [-0.3, -0.25) is 0 Å². The van der Waals surface area contributed by atoms with Crippen molar-refractivity contribution in [3.8, 4) is 0 Å². The lowest BCUT2D eigenvalue weighted by Crippen LogP contribution is -2.17. The van der Waals surface area contributed by atoms with Crippen LogP contribution in [0.3, 0.4) is 0 Å². The third-order valence-electron chi connectivity index (χ3n) is 0.687. The van der Waals surface area contributed by atoms with Crippen LogP contribution in [-0.2, 0) is 0 Å². The summed E-state index contributed by atoms with van der Waals surface area (Å²) >= 11 is 21.8. The SMILES string of the molecule is ClC[C@H](Cl)[C@@H](Cl)CCl. The van der Waals surface area contributed by atoms with Crippen molar-refractivity contribution in [2.45, 2.75) is 10.8 Å². The highest BCUT2D eigenvalue weighted by atomic mass is 35.5. The molecule has 8 heavy (non-hydrogen) atoms. The first kappa shape index (κ1) is 9.16. The van der Waals surface area contributed by atoms with Gasteiger partial charge in [0.25, 0.3) is 0 Å². The summed E-state index contributed by atoms with van der Waals surface area (Å²) in [5.41, 5.74) is 0. The predicted octanol–water partition coefficient (Wildman–Crippen LogP) is 2.68. The van der Waals surface area contributed by atoms with E-state index in [1.165, 1.54) is 0 Å². The van der Waals surface area contributed by atoms with E-state index in [2.05, 4.69) is 0 Å². The van der Waals surface area contributed by atoms with Gasteiger partial charge in [0.2, 0.25) is 0 Å². The highest BCUT2D eigenvalue weighted by molar-refractivity contribution is 6.36. The van der Waals surface area contributed by atoms with Gasteiger partial charge in [-0.25, -0.2) is 0 Å². The van der Waals surface area contributed by atoms with E-state index in [0.717, 1.165) is 0 Å². The Bertz CT molecular complexity index is 48.0. The zero-order valence-corrected chi connectivity index (χ0v) is 7.10. The van der Waals surface area contributed by atoms with Crippen LogP contribution >= 0.6 is 46.4 Å². The number of hydrogen-bond acceptors (Lipinski definition) is 0. The van der Waals surface area contributed by atoms with Crippen molar-refractivity contribution >= 4 is 46.4 Å². The molecule has 0 radical (unpaired) electrons. The van der Waals surface area contributed by atoms with E-state index in [-0.39, 0.29) is 10.8 Å². The maximum Gasteiger partial charge on any atom is 0.0646 e. The van der Waals surface area contributed by atoms with Gasteiger partial charge in [-0.15, -0.1) is 46.4 Å². The van der Waals surface area contributed by atoms with Crippen LogP contribution in [0.5, 0.6) is 0 Å². The van der Waals surface area contributed by atoms with Crippen LogP contribution in [0, 0.1) is 0 Å². The Morgan fingerprint density at radius 2 is 1.12 bits per heavy atom. The quantitative estimate of drug-likeness (QED) is 0.608. The lowest BCUT2D eigenvalue weighted by Gasteiger charge is -2.07. The van der Waals surface area contributed by atoms with E-state index in [0.29, 0.717) is 11.8 Å². The molecule has 0 aliphatic heterocycles. The van der Waals surface area contributed by atoms with Crippen molar-refractivity contribution in [1.29, 1.82) is 0 Å². The van der Waals surface area contributed by atoms with Gasteiger partial charge >= 0.3 is 0 Å². The second-order valence-electron chi connectivity index (χ2n) is 1.34. The van der Waals surface area contributed by atoms with Crippen LogP contribution in [-0.4, -0.2) is 22.5 Å². The number of rotatable bonds is 3. The monoisotopic (exact) mass is 194 g/mol. The van der Waals surface area contributed by atoms with Crippen LogP contribution < -0.4 is 0 Å². The molecule has 50 valence electrons. The van der Waals surface area contributed by atoms with Crippen LogP contribution in [0.15, 0.2) is 0 Å². The fourth-order valence-corrected chi connectivity index (χ4v) is 0.984. The minimum absolute atomic E-state index is 0.212. The van der Waals surface area contributed by atoms with Gasteiger partial charge in [0.1, 0.15) is 0 Å². The highest BCUT2D eigenvalue weighted by Gasteiger charge is 2.13. The molecule has 0 aromatic carbocycles. The van der Waals surface area contributed by atoms with Crippen molar-refractivity contribution in [3.05, 3.63) is 0 Å². The van der Waals surface area contributed by atoms with E-state index < -0.39 is 0 Å². The molecule has 0 nitrogen and oxygen atoms in total. The smallest absolute Gasteiger partial charge is 0.0646 e. The summed E-state index contributed by atoms with van der Waals surface area (Å²) in [4.78, 5) is 0. The molecule has 0 aliphatic carbocycles. The normalized spacial score (nSPS) is 18.0. The van der Waals surface area contributed by atoms with Crippen LogP contribution in [0.2, 0.25) is 0 Å². The lowest BCUT2D eigenvalue weighted by atomic mass is 10.4. The van der Waals surface area contributed by atoms with Crippen molar-refractivity contribution in [2.24, 2.45) is 0 Å². The summed E-state index contributed by atoms with van der Waals surface area (Å²) in [5, 5.41) is -0.424. The molecule has 2 atom stereocenters. The Morgan fingerprint density at radius 1 is 0.875 bits per heavy atom. The molecule has 0 rings (SSSR count). The molecular weight excluding hydrogens is 190 g/mol. The van der Waals surface area contributed by atoms with E-state index in [4.69, 9.17) is 46.4 Å². The van der Waals surface area contributed by atoms with Crippen molar-refractivity contribution in [1.82, 2.24) is 0 Å². The standard InChI is InChI=1S/C4H6Cl4/c5-1-3(7)4(8)2-6/h3-4H,1-2H2/t3-,4-/m0/s1. The van der Waals surface area contributed by atoms with Crippen LogP contribution in [0.4, 0.5) is 0 Å². The molecule has 0 aromatic heterocycles. The summed E-state index contributed by atoms with van der Waals surface area (Å²) in [5.74, 6) is 0.699. The average Bonchev–Trinajstić information content (AvgIpc) is 1.84. The molecule has 0 aliphatic rings. The Labute approximate surface area is 69.0 Å². The van der Waals surface area contributed by atoms with E-state index in [9.17, 15) is 0 Å². The Balaban J connectivity index is 3.29. The molecule has 0 amide bonds. The summed E-state index contributed by atoms with van der Waals surface area (Å²) in [6, 6.07) is 0. The lowest BCUT2D eigenvalue weighted by molar-refractivity contribution is 0.917. The zero-order chi connectivity index (χ0) is 6.57. The van der Waals surface area contributed by atoms with Gasteiger partial charge in [0.15, 0.2) is 0 Å². The fourth-order valence-electron chi connectivity index (χ4n) is 0.193. The van der Waals surface area contributed by atoms with Crippen LogP contribution in [0.25, 0.3) is 0 Å². The summed E-state index contributed by atoms with van der Waals surface area (Å²) in [6.07, 6.45) is 0. The maximum absolute atomic E-state index is 5.57. The summed E-state index contributed by atoms with van der Waals surface area (Å²) in [7, 11) is 0. The van der Waals surface area contributed by atoms with Gasteiger partial charge < -0.3 is 0 Å². The minimum Gasteiger partial charge on any atom is -0.125 e. The Kier molecular flexibility index (Phi) is 5.71. The first-order valence-electron chi connectivity index (χ1n) is 2.12. The first-order chi connectivity index (χ1) is 3.72. The fraction of sp³-hybridized carbons (Fsp3) is 1.00. The van der Waals surface area contributed by atoms with Gasteiger partial charge in [-0.2, -0.15) is 0 Å². The Morgan fingerprint density at radius 3 is 1.25 bits per heavy atom. The second-order valence-corrected chi connectivity index (χ2v) is 3.08. The molecule has 0 bridgehead atoms. The number of alkyl halides is 4. The van der Waals surface area contributed by atoms with Crippen molar-refractivity contribution < 1.29 is 0 Å². The summed E-state index contributed by atoms with van der Waals surface area (Å²) in [6.45, 7) is 0. The molecule has 0 fully saturated rings. The minimum atomic E-state index is -0.212.